The first-order valence-electron chi connectivity index (χ1n) is 9.78. The van der Waals surface area contributed by atoms with Gasteiger partial charge in [-0.3, -0.25) is 9.78 Å². The molecule has 1 aromatic heterocycles. The van der Waals surface area contributed by atoms with Gasteiger partial charge in [-0.25, -0.2) is 0 Å². The Kier molecular flexibility index (Phi) is 4.21. The van der Waals surface area contributed by atoms with Gasteiger partial charge in [-0.2, -0.15) is 0 Å². The van der Waals surface area contributed by atoms with E-state index in [-0.39, 0.29) is 11.5 Å². The number of benzene rings is 2. The highest BCUT2D eigenvalue weighted by Crippen LogP contribution is 2.43. The topological polar surface area (TPSA) is 42.4 Å². The summed E-state index contributed by atoms with van der Waals surface area (Å²) in [6, 6.07) is 18.5. The molecule has 140 valence electrons. The van der Waals surface area contributed by atoms with E-state index in [1.54, 1.807) is 12.3 Å². The lowest BCUT2D eigenvalue weighted by molar-refractivity contribution is -0.133. The predicted molar refractivity (Wildman–Crippen MR) is 110 cm³/mol. The average molecular weight is 370 g/mol. The fourth-order valence-electron chi connectivity index (χ4n) is 4.34. The average Bonchev–Trinajstić information content (AvgIpc) is 3.11. The van der Waals surface area contributed by atoms with E-state index in [0.29, 0.717) is 19.7 Å². The fourth-order valence-corrected chi connectivity index (χ4v) is 4.34. The number of piperidine rings is 1. The van der Waals surface area contributed by atoms with Crippen LogP contribution in [0.3, 0.4) is 0 Å². The Bertz CT molecular complexity index is 1060. The molecule has 3 aromatic rings. The van der Waals surface area contributed by atoms with E-state index < -0.39 is 0 Å². The molecule has 2 aliphatic heterocycles. The first kappa shape index (κ1) is 17.1. The second kappa shape index (κ2) is 6.88. The minimum absolute atomic E-state index is 0.0503. The van der Waals surface area contributed by atoms with Crippen LogP contribution >= 0.6 is 0 Å². The van der Waals surface area contributed by atoms with Crippen molar-refractivity contribution in [2.75, 3.05) is 13.1 Å². The van der Waals surface area contributed by atoms with Gasteiger partial charge in [-0.15, -0.1) is 0 Å². The Morgan fingerprint density at radius 3 is 2.75 bits per heavy atom. The van der Waals surface area contributed by atoms with Crippen LogP contribution in [-0.2, 0) is 21.7 Å². The molecule has 0 bridgehead atoms. The number of amides is 1. The van der Waals surface area contributed by atoms with Gasteiger partial charge in [0, 0.05) is 30.7 Å². The highest BCUT2D eigenvalue weighted by molar-refractivity contribution is 5.92. The number of hydrogen-bond acceptors (Lipinski definition) is 3. The number of hydrogen-bond donors (Lipinski definition) is 0. The molecule has 5 rings (SSSR count). The Balaban J connectivity index is 1.26. The molecule has 2 aliphatic rings. The van der Waals surface area contributed by atoms with Gasteiger partial charge in [0.05, 0.1) is 17.7 Å². The zero-order valence-electron chi connectivity index (χ0n) is 15.7. The molecule has 1 amide bonds. The molecule has 4 nitrogen and oxygen atoms in total. The Morgan fingerprint density at radius 2 is 1.86 bits per heavy atom. The van der Waals surface area contributed by atoms with Gasteiger partial charge in [-0.1, -0.05) is 42.5 Å². The molecule has 28 heavy (non-hydrogen) atoms. The standard InChI is InChI=1S/C24H22N2O2/c27-23(10-9-18-15-19-5-2-4-8-22(19)25-16-18)26-13-11-24(12-14-26)21-7-3-1-6-20(21)17-28-24/h1-10,15-16H,11-14,17H2. The lowest BCUT2D eigenvalue weighted by atomic mass is 9.84. The second-order valence-corrected chi connectivity index (χ2v) is 7.56. The molecule has 1 saturated heterocycles. The zero-order chi connectivity index (χ0) is 19.0. The third-order valence-corrected chi connectivity index (χ3v) is 5.92. The molecule has 1 spiro atoms. The van der Waals surface area contributed by atoms with E-state index in [0.717, 1.165) is 29.3 Å². The lowest BCUT2D eigenvalue weighted by Crippen LogP contribution is -2.44. The summed E-state index contributed by atoms with van der Waals surface area (Å²) >= 11 is 0. The van der Waals surface area contributed by atoms with Crippen molar-refractivity contribution in [3.63, 3.8) is 0 Å². The SMILES string of the molecule is O=C(C=Cc1cnc2ccccc2c1)N1CCC2(CC1)OCc1ccccc12. The molecule has 0 atom stereocenters. The van der Waals surface area contributed by atoms with Crippen molar-refractivity contribution in [1.82, 2.24) is 9.88 Å². The third kappa shape index (κ3) is 3.00. The Morgan fingerprint density at radius 1 is 1.07 bits per heavy atom. The van der Waals surface area contributed by atoms with Crippen molar-refractivity contribution in [2.45, 2.75) is 25.0 Å². The van der Waals surface area contributed by atoms with Gasteiger partial charge in [0.25, 0.3) is 0 Å². The molecule has 0 radical (unpaired) electrons. The monoisotopic (exact) mass is 370 g/mol. The Labute approximate surface area is 164 Å². The smallest absolute Gasteiger partial charge is 0.246 e. The van der Waals surface area contributed by atoms with Crippen LogP contribution in [-0.4, -0.2) is 28.9 Å². The highest BCUT2D eigenvalue weighted by atomic mass is 16.5. The van der Waals surface area contributed by atoms with Crippen LogP contribution in [0.1, 0.15) is 29.5 Å². The summed E-state index contributed by atoms with van der Waals surface area (Å²) in [4.78, 5) is 19.0. The summed E-state index contributed by atoms with van der Waals surface area (Å²) in [5, 5.41) is 1.08. The number of carbonyl (C=O) groups is 1. The van der Waals surface area contributed by atoms with Gasteiger partial charge in [0.1, 0.15) is 0 Å². The van der Waals surface area contributed by atoms with Crippen molar-refractivity contribution in [1.29, 1.82) is 0 Å². The first-order chi connectivity index (χ1) is 13.7. The zero-order valence-corrected chi connectivity index (χ0v) is 15.7. The molecule has 1 fully saturated rings. The summed E-state index contributed by atoms with van der Waals surface area (Å²) in [6.45, 7) is 2.11. The molecule has 2 aromatic carbocycles. The normalized spacial score (nSPS) is 18.1. The highest BCUT2D eigenvalue weighted by Gasteiger charge is 2.42. The van der Waals surface area contributed by atoms with Gasteiger partial charge in [0.2, 0.25) is 5.91 Å². The second-order valence-electron chi connectivity index (χ2n) is 7.56. The summed E-state index contributed by atoms with van der Waals surface area (Å²) in [7, 11) is 0. The summed E-state index contributed by atoms with van der Waals surface area (Å²) in [6.07, 6.45) is 7.02. The number of likely N-dealkylation sites (tertiary alicyclic amines) is 1. The fraction of sp³-hybridized carbons (Fsp3) is 0.250. The molecular formula is C24H22N2O2. The van der Waals surface area contributed by atoms with Crippen molar-refractivity contribution >= 4 is 22.9 Å². The Hall–Kier alpha value is -2.98. The molecule has 0 saturated carbocycles. The number of fused-ring (bicyclic) bond motifs is 3. The largest absolute Gasteiger partial charge is 0.365 e. The van der Waals surface area contributed by atoms with Crippen LogP contribution in [0.15, 0.2) is 66.9 Å². The van der Waals surface area contributed by atoms with E-state index in [9.17, 15) is 4.79 Å². The van der Waals surface area contributed by atoms with Crippen molar-refractivity contribution < 1.29 is 9.53 Å². The van der Waals surface area contributed by atoms with Crippen molar-refractivity contribution in [3.05, 3.63) is 83.6 Å². The molecule has 0 unspecified atom stereocenters. The van der Waals surface area contributed by atoms with Crippen LogP contribution in [0.2, 0.25) is 0 Å². The number of ether oxygens (including phenoxy) is 1. The van der Waals surface area contributed by atoms with Crippen molar-refractivity contribution in [3.8, 4) is 0 Å². The third-order valence-electron chi connectivity index (χ3n) is 5.92. The summed E-state index contributed by atoms with van der Waals surface area (Å²) in [5.41, 5.74) is 4.28. The predicted octanol–water partition coefficient (Wildman–Crippen LogP) is 4.30. The molecule has 4 heteroatoms. The molecular weight excluding hydrogens is 348 g/mol. The van der Waals surface area contributed by atoms with Crippen LogP contribution in [0.25, 0.3) is 17.0 Å². The van der Waals surface area contributed by atoms with Gasteiger partial charge in [0.15, 0.2) is 0 Å². The van der Waals surface area contributed by atoms with E-state index in [4.69, 9.17) is 4.74 Å². The van der Waals surface area contributed by atoms with Crippen molar-refractivity contribution in [2.24, 2.45) is 0 Å². The van der Waals surface area contributed by atoms with E-state index >= 15 is 0 Å². The molecule has 3 heterocycles. The van der Waals surface area contributed by atoms with Gasteiger partial charge in [-0.05, 0) is 47.7 Å². The number of pyridine rings is 1. The minimum Gasteiger partial charge on any atom is -0.365 e. The number of nitrogens with zero attached hydrogens (tertiary/aromatic N) is 2. The minimum atomic E-state index is -0.209. The quantitative estimate of drug-likeness (QED) is 0.632. The maximum Gasteiger partial charge on any atom is 0.246 e. The van der Waals surface area contributed by atoms with Gasteiger partial charge < -0.3 is 9.64 Å². The van der Waals surface area contributed by atoms with Gasteiger partial charge >= 0.3 is 0 Å². The summed E-state index contributed by atoms with van der Waals surface area (Å²) in [5.74, 6) is 0.0503. The van der Waals surface area contributed by atoms with Crippen LogP contribution < -0.4 is 0 Å². The van der Waals surface area contributed by atoms with Crippen LogP contribution in [0.4, 0.5) is 0 Å². The number of para-hydroxylation sites is 1. The lowest BCUT2D eigenvalue weighted by Gasteiger charge is -2.39. The summed E-state index contributed by atoms with van der Waals surface area (Å²) < 4.78 is 6.19. The van der Waals surface area contributed by atoms with Crippen LogP contribution in [0, 0.1) is 0 Å². The number of carbonyl (C=O) groups excluding carboxylic acids is 1. The van der Waals surface area contributed by atoms with E-state index in [2.05, 4.69) is 35.3 Å². The number of aromatic nitrogens is 1. The van der Waals surface area contributed by atoms with E-state index in [1.807, 2.05) is 35.2 Å². The number of rotatable bonds is 2. The first-order valence-corrected chi connectivity index (χ1v) is 9.78. The molecule has 0 N–H and O–H groups in total. The maximum atomic E-state index is 12.7. The van der Waals surface area contributed by atoms with E-state index in [1.165, 1.54) is 11.1 Å². The maximum absolute atomic E-state index is 12.7. The van der Waals surface area contributed by atoms with Crippen LogP contribution in [0.5, 0.6) is 0 Å². The molecule has 0 aliphatic carbocycles.